The lowest BCUT2D eigenvalue weighted by atomic mass is 10.1. The summed E-state index contributed by atoms with van der Waals surface area (Å²) in [6, 6.07) is 28.7. The molecule has 5 nitrogen and oxygen atoms in total. The van der Waals surface area contributed by atoms with Crippen molar-refractivity contribution < 1.29 is 0 Å². The summed E-state index contributed by atoms with van der Waals surface area (Å²) < 4.78 is 4.54. The predicted octanol–water partition coefficient (Wildman–Crippen LogP) is 11.3. The first kappa shape index (κ1) is 34.5. The summed E-state index contributed by atoms with van der Waals surface area (Å²) in [5.41, 5.74) is 29.8. The number of nitrogens with two attached hydrogens (primary N) is 3. The Bertz CT molecular complexity index is 2100. The van der Waals surface area contributed by atoms with Gasteiger partial charge < -0.3 is 26.3 Å². The van der Waals surface area contributed by atoms with E-state index >= 15 is 0 Å². The zero-order valence-corrected chi connectivity index (χ0v) is 28.7. The standard InChI is InChI=1S/C33H31N5.C6H10.C3H8/c1-3-4-11-29-21(2)26-15-13-24(35)18-31(26)37(29)20-33(22-8-7-9-23(34)17-22)38-30-12-6-5-10-27(30)28-16-14-25(36)19-32(28)38;1-4-6(3)5-2;1-3-2/h4-20H,3,34-36H2,1-2H3;4-5H,1H2,2-3H3;3H2,1-2H3/b11-4-,33-20?;6-5-;. The molecule has 6 N–H and O–H groups in total. The van der Waals surface area contributed by atoms with Crippen LogP contribution in [-0.2, 0) is 0 Å². The summed E-state index contributed by atoms with van der Waals surface area (Å²) in [4.78, 5) is 0. The molecule has 0 spiro atoms. The fourth-order valence-corrected chi connectivity index (χ4v) is 5.53. The Morgan fingerprint density at radius 1 is 0.745 bits per heavy atom. The lowest BCUT2D eigenvalue weighted by Gasteiger charge is -2.16. The average molecular weight is 624 g/mol. The number of aryl methyl sites for hydroxylation is 1. The van der Waals surface area contributed by atoms with Crippen LogP contribution in [0.3, 0.4) is 0 Å². The van der Waals surface area contributed by atoms with E-state index in [2.05, 4.69) is 104 Å². The SMILES string of the molecule is C=C/C(C)=C\C.CC/C=C\c1c(C)c2ccc(N)cc2n1C=C(c1cccc(N)c1)n1c2ccccc2c2ccc(N)cc21.CCC. The minimum Gasteiger partial charge on any atom is -0.399 e. The lowest BCUT2D eigenvalue weighted by Crippen LogP contribution is -2.03. The first-order valence-corrected chi connectivity index (χ1v) is 16.4. The molecule has 0 atom stereocenters. The number of hydrogen-bond acceptors (Lipinski definition) is 3. The van der Waals surface area contributed by atoms with Crippen molar-refractivity contribution in [2.45, 2.75) is 54.4 Å². The number of nitrogen functional groups attached to an aromatic ring is 3. The van der Waals surface area contributed by atoms with Gasteiger partial charge in [-0.1, -0.05) is 100 Å². The number of hydrogen-bond donors (Lipinski definition) is 3. The fourth-order valence-electron chi connectivity index (χ4n) is 5.53. The summed E-state index contributed by atoms with van der Waals surface area (Å²) in [5.74, 6) is 0. The van der Waals surface area contributed by atoms with E-state index in [4.69, 9.17) is 17.2 Å². The normalized spacial score (nSPS) is 11.9. The van der Waals surface area contributed by atoms with Crippen molar-refractivity contribution in [2.75, 3.05) is 17.2 Å². The predicted molar refractivity (Wildman–Crippen MR) is 210 cm³/mol. The van der Waals surface area contributed by atoms with E-state index in [-0.39, 0.29) is 0 Å². The van der Waals surface area contributed by atoms with Crippen molar-refractivity contribution in [1.82, 2.24) is 9.13 Å². The quantitative estimate of drug-likeness (QED) is 0.127. The van der Waals surface area contributed by atoms with Gasteiger partial charge >= 0.3 is 0 Å². The number of nitrogens with zero attached hydrogens (tertiary/aromatic N) is 2. The van der Waals surface area contributed by atoms with E-state index in [1.807, 2.05) is 68.5 Å². The Morgan fingerprint density at radius 3 is 1.98 bits per heavy atom. The number of aromatic nitrogens is 2. The van der Waals surface area contributed by atoms with Crippen molar-refractivity contribution in [2.24, 2.45) is 0 Å². The van der Waals surface area contributed by atoms with Gasteiger partial charge in [0.15, 0.2) is 0 Å². The topological polar surface area (TPSA) is 87.9 Å². The third-order valence-electron chi connectivity index (χ3n) is 7.99. The molecule has 6 rings (SSSR count). The number of rotatable bonds is 6. The van der Waals surface area contributed by atoms with E-state index in [9.17, 15) is 0 Å². The van der Waals surface area contributed by atoms with Crippen molar-refractivity contribution in [3.05, 3.63) is 132 Å². The van der Waals surface area contributed by atoms with Crippen LogP contribution in [-0.4, -0.2) is 9.13 Å². The van der Waals surface area contributed by atoms with E-state index in [1.54, 1.807) is 0 Å². The van der Waals surface area contributed by atoms with Gasteiger partial charge in [0, 0.05) is 50.7 Å². The summed E-state index contributed by atoms with van der Waals surface area (Å²) in [6.07, 6.45) is 12.6. The Hall–Kier alpha value is -5.42. The van der Waals surface area contributed by atoms with Crippen LogP contribution in [0.15, 0.2) is 115 Å². The summed E-state index contributed by atoms with van der Waals surface area (Å²) in [5, 5.41) is 3.49. The van der Waals surface area contributed by atoms with E-state index in [0.717, 1.165) is 56.7 Å². The molecule has 0 unspecified atom stereocenters. The van der Waals surface area contributed by atoms with Gasteiger partial charge in [0.25, 0.3) is 0 Å². The first-order valence-electron chi connectivity index (χ1n) is 16.4. The molecule has 5 heteroatoms. The third-order valence-corrected chi connectivity index (χ3v) is 7.99. The van der Waals surface area contributed by atoms with Gasteiger partial charge in [0.1, 0.15) is 0 Å². The highest BCUT2D eigenvalue weighted by Gasteiger charge is 2.18. The van der Waals surface area contributed by atoms with E-state index < -0.39 is 0 Å². The summed E-state index contributed by atoms with van der Waals surface area (Å²) in [7, 11) is 0. The van der Waals surface area contributed by atoms with Gasteiger partial charge in [-0.05, 0) is 81.3 Å². The molecule has 0 aliphatic carbocycles. The number of anilines is 3. The molecule has 4 aromatic carbocycles. The van der Waals surface area contributed by atoms with Gasteiger partial charge in [-0.15, -0.1) is 0 Å². The third kappa shape index (κ3) is 7.53. The Balaban J connectivity index is 0.000000495. The summed E-state index contributed by atoms with van der Waals surface area (Å²) >= 11 is 0. The Labute approximate surface area is 280 Å². The molecule has 0 saturated heterocycles. The highest BCUT2D eigenvalue weighted by Crippen LogP contribution is 2.37. The van der Waals surface area contributed by atoms with Gasteiger partial charge in [-0.25, -0.2) is 0 Å². The van der Waals surface area contributed by atoms with E-state index in [0.29, 0.717) is 5.69 Å². The van der Waals surface area contributed by atoms with Crippen LogP contribution >= 0.6 is 0 Å². The molecule has 0 amide bonds. The highest BCUT2D eigenvalue weighted by atomic mass is 15.0. The Kier molecular flexibility index (Phi) is 11.5. The van der Waals surface area contributed by atoms with Gasteiger partial charge in [0.2, 0.25) is 0 Å². The maximum Gasteiger partial charge on any atom is 0.0701 e. The molecule has 242 valence electrons. The second kappa shape index (κ2) is 15.7. The van der Waals surface area contributed by atoms with Crippen LogP contribution in [0.4, 0.5) is 17.1 Å². The molecule has 0 bridgehead atoms. The maximum absolute atomic E-state index is 6.32. The molecular formula is C42H49N5. The zero-order valence-electron chi connectivity index (χ0n) is 28.7. The van der Waals surface area contributed by atoms with Crippen LogP contribution in [0.1, 0.15) is 64.3 Å². The van der Waals surface area contributed by atoms with Crippen molar-refractivity contribution >= 4 is 67.7 Å². The molecule has 2 aromatic heterocycles. The van der Waals surface area contributed by atoms with E-state index in [1.165, 1.54) is 28.3 Å². The van der Waals surface area contributed by atoms with Crippen LogP contribution in [0, 0.1) is 6.92 Å². The number of fused-ring (bicyclic) bond motifs is 4. The molecule has 0 aliphatic heterocycles. The zero-order chi connectivity index (χ0) is 34.1. The molecule has 0 aliphatic rings. The minimum atomic E-state index is 0.706. The van der Waals surface area contributed by atoms with Crippen molar-refractivity contribution in [3.63, 3.8) is 0 Å². The summed E-state index contributed by atoms with van der Waals surface area (Å²) in [6.45, 7) is 16.1. The largest absolute Gasteiger partial charge is 0.399 e. The second-order valence-corrected chi connectivity index (χ2v) is 11.7. The second-order valence-electron chi connectivity index (χ2n) is 11.7. The van der Waals surface area contributed by atoms with Gasteiger partial charge in [-0.3, -0.25) is 0 Å². The first-order chi connectivity index (χ1) is 22.7. The monoisotopic (exact) mass is 623 g/mol. The minimum absolute atomic E-state index is 0.706. The smallest absolute Gasteiger partial charge is 0.0701 e. The molecule has 6 aromatic rings. The van der Waals surface area contributed by atoms with Crippen LogP contribution in [0.2, 0.25) is 0 Å². The molecule has 0 radical (unpaired) electrons. The van der Waals surface area contributed by atoms with Crippen LogP contribution in [0.5, 0.6) is 0 Å². The molecule has 0 saturated carbocycles. The number of benzene rings is 4. The molecule has 47 heavy (non-hydrogen) atoms. The highest BCUT2D eigenvalue weighted by molar-refractivity contribution is 6.12. The number of allylic oxidation sites excluding steroid dienone is 4. The van der Waals surface area contributed by atoms with Crippen molar-refractivity contribution in [1.29, 1.82) is 0 Å². The lowest BCUT2D eigenvalue weighted by molar-refractivity contribution is 1.09. The van der Waals surface area contributed by atoms with Crippen LogP contribution in [0.25, 0.3) is 50.7 Å². The van der Waals surface area contributed by atoms with Gasteiger partial charge in [-0.2, -0.15) is 0 Å². The van der Waals surface area contributed by atoms with Crippen LogP contribution < -0.4 is 17.2 Å². The fraction of sp³-hybridized carbons (Fsp3) is 0.190. The van der Waals surface area contributed by atoms with Gasteiger partial charge in [0.05, 0.1) is 22.2 Å². The molecular weight excluding hydrogens is 574 g/mol. The Morgan fingerprint density at radius 2 is 1.36 bits per heavy atom. The maximum atomic E-state index is 6.32. The molecule has 0 fully saturated rings. The number of para-hydroxylation sites is 1. The molecule has 2 heterocycles. The van der Waals surface area contributed by atoms with Crippen molar-refractivity contribution in [3.8, 4) is 0 Å². The average Bonchev–Trinajstić information content (AvgIpc) is 3.52.